The minimum absolute atomic E-state index is 0.0185. The molecule has 19 heavy (non-hydrogen) atoms. The van der Waals surface area contributed by atoms with Crippen molar-refractivity contribution < 1.29 is 19.8 Å². The molecule has 2 amide bonds. The van der Waals surface area contributed by atoms with Crippen LogP contribution in [0.4, 0.5) is 4.79 Å². The van der Waals surface area contributed by atoms with Gasteiger partial charge in [0.1, 0.15) is 5.01 Å². The zero-order valence-electron chi connectivity index (χ0n) is 10.6. The van der Waals surface area contributed by atoms with Gasteiger partial charge in [0.15, 0.2) is 5.69 Å². The molecule has 0 aliphatic heterocycles. The molecule has 1 aromatic rings. The van der Waals surface area contributed by atoms with E-state index in [1.54, 1.807) is 0 Å². The number of aromatic nitrogens is 1. The van der Waals surface area contributed by atoms with E-state index < -0.39 is 5.97 Å². The lowest BCUT2D eigenvalue weighted by Crippen LogP contribution is -2.41. The number of rotatable bonds is 7. The summed E-state index contributed by atoms with van der Waals surface area (Å²) in [6, 6.07) is -0.289. The van der Waals surface area contributed by atoms with E-state index in [1.165, 1.54) is 21.6 Å². The van der Waals surface area contributed by atoms with Gasteiger partial charge in [0.25, 0.3) is 0 Å². The minimum atomic E-state index is -1.08. The fourth-order valence-corrected chi connectivity index (χ4v) is 2.17. The highest BCUT2D eigenvalue weighted by Crippen LogP contribution is 2.09. The lowest BCUT2D eigenvalue weighted by atomic mass is 10.4. The summed E-state index contributed by atoms with van der Waals surface area (Å²) in [5.74, 6) is -1.08. The molecule has 0 fully saturated rings. The number of carbonyl (C=O) groups is 2. The van der Waals surface area contributed by atoms with Gasteiger partial charge in [0, 0.05) is 18.5 Å². The Morgan fingerprint density at radius 1 is 1.47 bits per heavy atom. The fourth-order valence-electron chi connectivity index (χ4n) is 1.46. The highest BCUT2D eigenvalue weighted by Gasteiger charge is 2.13. The molecule has 8 heteroatoms. The first-order valence-corrected chi connectivity index (χ1v) is 6.77. The van der Waals surface area contributed by atoms with Gasteiger partial charge < -0.3 is 20.4 Å². The summed E-state index contributed by atoms with van der Waals surface area (Å²) in [4.78, 5) is 27.8. The van der Waals surface area contributed by atoms with Crippen molar-refractivity contribution in [3.63, 3.8) is 0 Å². The van der Waals surface area contributed by atoms with Gasteiger partial charge in [-0.2, -0.15) is 0 Å². The zero-order chi connectivity index (χ0) is 14.3. The van der Waals surface area contributed by atoms with Crippen LogP contribution in [-0.4, -0.2) is 51.8 Å². The van der Waals surface area contributed by atoms with E-state index in [-0.39, 0.29) is 31.4 Å². The highest BCUT2D eigenvalue weighted by molar-refractivity contribution is 7.09. The van der Waals surface area contributed by atoms with Gasteiger partial charge in [0.05, 0.1) is 13.2 Å². The molecule has 1 aromatic heterocycles. The first-order valence-electron chi connectivity index (χ1n) is 5.89. The molecule has 0 saturated carbocycles. The molecule has 0 saturated heterocycles. The number of hydrogen-bond donors (Lipinski definition) is 3. The molecule has 0 bridgehead atoms. The van der Waals surface area contributed by atoms with Crippen LogP contribution in [0, 0.1) is 0 Å². The summed E-state index contributed by atoms with van der Waals surface area (Å²) >= 11 is 1.18. The first-order chi connectivity index (χ1) is 9.08. The van der Waals surface area contributed by atoms with Gasteiger partial charge in [-0.05, 0) is 6.42 Å². The molecule has 7 nitrogen and oxygen atoms in total. The van der Waals surface area contributed by atoms with Crippen molar-refractivity contribution in [1.82, 2.24) is 15.2 Å². The van der Waals surface area contributed by atoms with Crippen molar-refractivity contribution >= 4 is 23.3 Å². The standard InChI is InChI=1S/C11H17N3O4S/c1-2-3-14(4-5-15)11(18)12-6-9-13-8(7-19-9)10(16)17/h7,15H,2-6H2,1H3,(H,12,18)(H,16,17). The maximum atomic E-state index is 11.8. The number of aliphatic hydroxyl groups excluding tert-OH is 1. The Kier molecular flexibility index (Phi) is 6.23. The van der Waals surface area contributed by atoms with Crippen LogP contribution in [-0.2, 0) is 6.54 Å². The van der Waals surface area contributed by atoms with E-state index in [4.69, 9.17) is 10.2 Å². The predicted molar refractivity (Wildman–Crippen MR) is 70.3 cm³/mol. The molecule has 1 rings (SSSR count). The Morgan fingerprint density at radius 2 is 2.21 bits per heavy atom. The van der Waals surface area contributed by atoms with Crippen LogP contribution in [0.2, 0.25) is 0 Å². The second-order valence-electron chi connectivity index (χ2n) is 3.80. The van der Waals surface area contributed by atoms with Crippen molar-refractivity contribution in [2.45, 2.75) is 19.9 Å². The molecule has 0 aromatic carbocycles. The average Bonchev–Trinajstić information content (AvgIpc) is 2.84. The Bertz CT molecular complexity index is 429. The molecule has 0 spiro atoms. The van der Waals surface area contributed by atoms with Crippen LogP contribution in [0.25, 0.3) is 0 Å². The Morgan fingerprint density at radius 3 is 2.74 bits per heavy atom. The monoisotopic (exact) mass is 287 g/mol. The quantitative estimate of drug-likeness (QED) is 0.687. The number of nitrogens with zero attached hydrogens (tertiary/aromatic N) is 2. The van der Waals surface area contributed by atoms with Crippen molar-refractivity contribution in [3.05, 3.63) is 16.1 Å². The molecule has 0 unspecified atom stereocenters. The summed E-state index contributed by atoms with van der Waals surface area (Å²) in [5.41, 5.74) is -0.0185. The van der Waals surface area contributed by atoms with E-state index in [9.17, 15) is 9.59 Å². The number of nitrogens with one attached hydrogen (secondary N) is 1. The summed E-state index contributed by atoms with van der Waals surface area (Å²) in [5, 5.41) is 22.2. The number of amides is 2. The Labute approximate surface area is 114 Å². The van der Waals surface area contributed by atoms with Gasteiger partial charge in [-0.15, -0.1) is 11.3 Å². The topological polar surface area (TPSA) is 103 Å². The van der Waals surface area contributed by atoms with Crippen molar-refractivity contribution in [3.8, 4) is 0 Å². The lowest BCUT2D eigenvalue weighted by molar-refractivity contribution is 0.0691. The number of urea groups is 1. The van der Waals surface area contributed by atoms with Crippen molar-refractivity contribution in [2.75, 3.05) is 19.7 Å². The third kappa shape index (κ3) is 4.84. The van der Waals surface area contributed by atoms with Gasteiger partial charge in [0.2, 0.25) is 0 Å². The van der Waals surface area contributed by atoms with Crippen LogP contribution in [0.5, 0.6) is 0 Å². The molecule has 0 aliphatic rings. The van der Waals surface area contributed by atoms with Crippen LogP contribution in [0.1, 0.15) is 28.8 Å². The van der Waals surface area contributed by atoms with Crippen LogP contribution in [0.3, 0.4) is 0 Å². The molecule has 106 valence electrons. The normalized spacial score (nSPS) is 10.2. The molecule has 3 N–H and O–H groups in total. The second-order valence-corrected chi connectivity index (χ2v) is 4.74. The molecule has 0 radical (unpaired) electrons. The largest absolute Gasteiger partial charge is 0.476 e. The average molecular weight is 287 g/mol. The number of thiazole rings is 1. The van der Waals surface area contributed by atoms with Crippen molar-refractivity contribution in [1.29, 1.82) is 0 Å². The van der Waals surface area contributed by atoms with E-state index in [2.05, 4.69) is 10.3 Å². The Hall–Kier alpha value is -1.67. The third-order valence-corrected chi connectivity index (χ3v) is 3.16. The number of aromatic carboxylic acids is 1. The number of carbonyl (C=O) groups excluding carboxylic acids is 1. The first kappa shape index (κ1) is 15.4. The summed E-state index contributed by atoms with van der Waals surface area (Å²) < 4.78 is 0. The van der Waals surface area contributed by atoms with E-state index in [0.29, 0.717) is 11.6 Å². The van der Waals surface area contributed by atoms with Gasteiger partial charge in [-0.3, -0.25) is 0 Å². The number of carboxylic acids is 1. The SMILES string of the molecule is CCCN(CCO)C(=O)NCc1nc(C(=O)O)cs1. The van der Waals surface area contributed by atoms with E-state index in [1.807, 2.05) is 6.92 Å². The van der Waals surface area contributed by atoms with E-state index >= 15 is 0 Å². The van der Waals surface area contributed by atoms with Crippen LogP contribution >= 0.6 is 11.3 Å². The summed E-state index contributed by atoms with van der Waals surface area (Å²) in [6.07, 6.45) is 0.799. The van der Waals surface area contributed by atoms with Gasteiger partial charge >= 0.3 is 12.0 Å². The van der Waals surface area contributed by atoms with E-state index in [0.717, 1.165) is 6.42 Å². The predicted octanol–water partition coefficient (Wildman–Crippen LogP) is 0.755. The molecule has 0 atom stereocenters. The van der Waals surface area contributed by atoms with Crippen LogP contribution < -0.4 is 5.32 Å². The minimum Gasteiger partial charge on any atom is -0.476 e. The smallest absolute Gasteiger partial charge is 0.355 e. The number of carboxylic acid groups (broad SMARTS) is 1. The third-order valence-electron chi connectivity index (χ3n) is 2.31. The summed E-state index contributed by atoms with van der Waals surface area (Å²) in [6.45, 7) is 2.87. The molecular formula is C11H17N3O4S. The maximum Gasteiger partial charge on any atom is 0.355 e. The summed E-state index contributed by atoms with van der Waals surface area (Å²) in [7, 11) is 0. The second kappa shape index (κ2) is 7.70. The fraction of sp³-hybridized carbons (Fsp3) is 0.545. The van der Waals surface area contributed by atoms with Crippen LogP contribution in [0.15, 0.2) is 5.38 Å². The highest BCUT2D eigenvalue weighted by atomic mass is 32.1. The number of aliphatic hydroxyl groups is 1. The lowest BCUT2D eigenvalue weighted by Gasteiger charge is -2.21. The van der Waals surface area contributed by atoms with Crippen molar-refractivity contribution in [2.24, 2.45) is 0 Å². The molecule has 1 heterocycles. The van der Waals surface area contributed by atoms with Gasteiger partial charge in [-0.1, -0.05) is 6.92 Å². The maximum absolute atomic E-state index is 11.8. The van der Waals surface area contributed by atoms with Gasteiger partial charge in [-0.25, -0.2) is 14.6 Å². The number of hydrogen-bond acceptors (Lipinski definition) is 5. The molecule has 0 aliphatic carbocycles. The zero-order valence-corrected chi connectivity index (χ0v) is 11.4. The Balaban J connectivity index is 2.49. The molecular weight excluding hydrogens is 270 g/mol.